The number of nitrogens with two attached hydrogens (primary N) is 1. The summed E-state index contributed by atoms with van der Waals surface area (Å²) in [4.78, 5) is 12.0. The molecule has 0 aliphatic heterocycles. The normalized spacial score (nSPS) is 10.3. The van der Waals surface area contributed by atoms with E-state index in [0.29, 0.717) is 5.75 Å². The van der Waals surface area contributed by atoms with E-state index in [1.807, 2.05) is 30.3 Å². The zero-order valence-corrected chi connectivity index (χ0v) is 11.8. The molecule has 0 aliphatic rings. The molecule has 0 bridgehead atoms. The number of halogens is 1. The van der Waals surface area contributed by atoms with Crippen molar-refractivity contribution in [3.63, 3.8) is 0 Å². The number of carbonyl (C=O) groups excluding carboxylic acids is 1. The lowest BCUT2D eigenvalue weighted by molar-refractivity contribution is -0.114. The fraction of sp³-hybridized carbons (Fsp3) is 0.133. The molecule has 3 nitrogen and oxygen atoms in total. The third kappa shape index (κ3) is 3.99. The lowest BCUT2D eigenvalue weighted by Gasteiger charge is -2.05. The summed E-state index contributed by atoms with van der Waals surface area (Å²) in [6, 6.07) is 12.4. The second kappa shape index (κ2) is 6.43. The molecule has 1 amide bonds. The zero-order chi connectivity index (χ0) is 14.5. The molecule has 0 fully saturated rings. The van der Waals surface area contributed by atoms with Crippen molar-refractivity contribution in [2.45, 2.75) is 17.6 Å². The van der Waals surface area contributed by atoms with Gasteiger partial charge in [0.15, 0.2) is 0 Å². The summed E-state index contributed by atoms with van der Waals surface area (Å²) < 4.78 is 13.3. The van der Waals surface area contributed by atoms with Crippen LogP contribution in [0.1, 0.15) is 12.5 Å². The average molecular weight is 290 g/mol. The van der Waals surface area contributed by atoms with Crippen LogP contribution < -0.4 is 11.1 Å². The molecule has 0 aliphatic carbocycles. The second-order valence-corrected chi connectivity index (χ2v) is 5.40. The van der Waals surface area contributed by atoms with E-state index in [2.05, 4.69) is 5.32 Å². The SMILES string of the molecule is CC(=O)Nc1ccc(SCc2ccc(N)c(F)c2)cc1. The number of rotatable bonds is 4. The van der Waals surface area contributed by atoms with Crippen molar-refractivity contribution in [3.8, 4) is 0 Å². The quantitative estimate of drug-likeness (QED) is 0.667. The van der Waals surface area contributed by atoms with Crippen LogP contribution in [-0.2, 0) is 10.5 Å². The Morgan fingerprint density at radius 1 is 1.25 bits per heavy atom. The van der Waals surface area contributed by atoms with Gasteiger partial charge in [-0.1, -0.05) is 6.07 Å². The molecule has 0 unspecified atom stereocenters. The van der Waals surface area contributed by atoms with Gasteiger partial charge in [0, 0.05) is 23.3 Å². The van der Waals surface area contributed by atoms with Gasteiger partial charge >= 0.3 is 0 Å². The van der Waals surface area contributed by atoms with Gasteiger partial charge in [-0.3, -0.25) is 4.79 Å². The number of anilines is 2. The number of thioether (sulfide) groups is 1. The molecule has 0 saturated carbocycles. The van der Waals surface area contributed by atoms with E-state index in [4.69, 9.17) is 5.73 Å². The van der Waals surface area contributed by atoms with Crippen LogP contribution in [-0.4, -0.2) is 5.91 Å². The van der Waals surface area contributed by atoms with E-state index in [1.165, 1.54) is 13.0 Å². The number of amides is 1. The molecule has 0 heterocycles. The number of nitrogens with one attached hydrogen (secondary N) is 1. The van der Waals surface area contributed by atoms with Gasteiger partial charge < -0.3 is 11.1 Å². The number of benzene rings is 2. The van der Waals surface area contributed by atoms with E-state index in [0.717, 1.165) is 16.1 Å². The Kier molecular flexibility index (Phi) is 4.63. The molecule has 2 aromatic rings. The van der Waals surface area contributed by atoms with Crippen LogP contribution in [0.25, 0.3) is 0 Å². The van der Waals surface area contributed by atoms with E-state index in [-0.39, 0.29) is 17.4 Å². The summed E-state index contributed by atoms with van der Waals surface area (Å²) in [5, 5.41) is 2.71. The Morgan fingerprint density at radius 3 is 2.55 bits per heavy atom. The minimum absolute atomic E-state index is 0.0947. The highest BCUT2D eigenvalue weighted by Gasteiger charge is 2.02. The van der Waals surface area contributed by atoms with E-state index in [9.17, 15) is 9.18 Å². The smallest absolute Gasteiger partial charge is 0.221 e. The first-order valence-corrected chi connectivity index (χ1v) is 7.07. The van der Waals surface area contributed by atoms with Crippen molar-refractivity contribution in [1.82, 2.24) is 0 Å². The maximum atomic E-state index is 13.3. The topological polar surface area (TPSA) is 55.1 Å². The predicted molar refractivity (Wildman–Crippen MR) is 81.1 cm³/mol. The van der Waals surface area contributed by atoms with Crippen LogP contribution in [0.5, 0.6) is 0 Å². The molecule has 0 radical (unpaired) electrons. The molecule has 2 aromatic carbocycles. The summed E-state index contributed by atoms with van der Waals surface area (Å²) in [7, 11) is 0. The molecule has 5 heteroatoms. The van der Waals surface area contributed by atoms with Crippen molar-refractivity contribution in [3.05, 3.63) is 53.8 Å². The summed E-state index contributed by atoms with van der Waals surface area (Å²) in [6.45, 7) is 1.47. The predicted octanol–water partition coefficient (Wildman–Crippen LogP) is 3.66. The number of carbonyl (C=O) groups is 1. The van der Waals surface area contributed by atoms with E-state index < -0.39 is 0 Å². The van der Waals surface area contributed by atoms with Gasteiger partial charge in [0.1, 0.15) is 5.82 Å². The fourth-order valence-corrected chi connectivity index (χ4v) is 2.51. The Balaban J connectivity index is 1.96. The van der Waals surface area contributed by atoms with Crippen LogP contribution >= 0.6 is 11.8 Å². The van der Waals surface area contributed by atoms with Crippen molar-refractivity contribution in [2.75, 3.05) is 11.1 Å². The van der Waals surface area contributed by atoms with Gasteiger partial charge in [0.2, 0.25) is 5.91 Å². The first kappa shape index (κ1) is 14.4. The van der Waals surface area contributed by atoms with Gasteiger partial charge in [-0.2, -0.15) is 0 Å². The van der Waals surface area contributed by atoms with Gasteiger partial charge in [0.25, 0.3) is 0 Å². The molecular weight excluding hydrogens is 275 g/mol. The molecule has 104 valence electrons. The van der Waals surface area contributed by atoms with Gasteiger partial charge in [-0.05, 0) is 42.0 Å². The monoisotopic (exact) mass is 290 g/mol. The first-order valence-electron chi connectivity index (χ1n) is 6.09. The minimum atomic E-state index is -0.385. The standard InChI is InChI=1S/C15H15FN2OS/c1-10(19)18-12-3-5-13(6-4-12)20-9-11-2-7-15(17)14(16)8-11/h2-8H,9,17H2,1H3,(H,18,19). The maximum Gasteiger partial charge on any atom is 0.221 e. The lowest BCUT2D eigenvalue weighted by atomic mass is 10.2. The van der Waals surface area contributed by atoms with Crippen molar-refractivity contribution < 1.29 is 9.18 Å². The Bertz CT molecular complexity index is 614. The largest absolute Gasteiger partial charge is 0.396 e. The van der Waals surface area contributed by atoms with Gasteiger partial charge in [0.05, 0.1) is 5.69 Å². The summed E-state index contributed by atoms with van der Waals surface area (Å²) in [5.74, 6) is 0.184. The zero-order valence-electron chi connectivity index (χ0n) is 11.0. The van der Waals surface area contributed by atoms with Crippen LogP contribution in [0.15, 0.2) is 47.4 Å². The summed E-state index contributed by atoms with van der Waals surface area (Å²) >= 11 is 1.60. The first-order chi connectivity index (χ1) is 9.54. The van der Waals surface area contributed by atoms with Crippen molar-refractivity contribution in [1.29, 1.82) is 0 Å². The minimum Gasteiger partial charge on any atom is -0.396 e. The summed E-state index contributed by atoms with van der Waals surface area (Å²) in [5.41, 5.74) is 7.25. The van der Waals surface area contributed by atoms with Gasteiger partial charge in [-0.15, -0.1) is 11.8 Å². The molecule has 20 heavy (non-hydrogen) atoms. The lowest BCUT2D eigenvalue weighted by Crippen LogP contribution is -2.05. The molecule has 0 saturated heterocycles. The second-order valence-electron chi connectivity index (χ2n) is 4.35. The number of hydrogen-bond donors (Lipinski definition) is 2. The van der Waals surface area contributed by atoms with Crippen LogP contribution in [0.3, 0.4) is 0 Å². The molecule has 0 spiro atoms. The molecule has 0 atom stereocenters. The highest BCUT2D eigenvalue weighted by atomic mass is 32.2. The third-order valence-electron chi connectivity index (χ3n) is 2.65. The third-order valence-corrected chi connectivity index (χ3v) is 3.73. The van der Waals surface area contributed by atoms with Crippen LogP contribution in [0, 0.1) is 5.82 Å². The van der Waals surface area contributed by atoms with Gasteiger partial charge in [-0.25, -0.2) is 4.39 Å². The van der Waals surface area contributed by atoms with Crippen molar-refractivity contribution in [2.24, 2.45) is 0 Å². The van der Waals surface area contributed by atoms with Crippen molar-refractivity contribution >= 4 is 29.0 Å². The molecule has 3 N–H and O–H groups in total. The molecular formula is C15H15FN2OS. The molecule has 2 rings (SSSR count). The Morgan fingerprint density at radius 2 is 1.95 bits per heavy atom. The van der Waals surface area contributed by atoms with Crippen LogP contribution in [0.4, 0.5) is 15.8 Å². The highest BCUT2D eigenvalue weighted by molar-refractivity contribution is 7.98. The fourth-order valence-electron chi connectivity index (χ4n) is 1.66. The average Bonchev–Trinajstić information content (AvgIpc) is 2.41. The van der Waals surface area contributed by atoms with E-state index >= 15 is 0 Å². The summed E-state index contributed by atoms with van der Waals surface area (Å²) in [6.07, 6.45) is 0. The Labute approximate surface area is 121 Å². The van der Waals surface area contributed by atoms with Crippen LogP contribution in [0.2, 0.25) is 0 Å². The highest BCUT2D eigenvalue weighted by Crippen LogP contribution is 2.25. The number of hydrogen-bond acceptors (Lipinski definition) is 3. The molecule has 0 aromatic heterocycles. The number of nitrogen functional groups attached to an aromatic ring is 1. The maximum absolute atomic E-state index is 13.3. The van der Waals surface area contributed by atoms with E-state index in [1.54, 1.807) is 17.8 Å². The Hall–Kier alpha value is -2.01.